The minimum absolute atomic E-state index is 0.0698. The second-order valence-electron chi connectivity index (χ2n) is 4.97. The van der Waals surface area contributed by atoms with Crippen LogP contribution in [-0.2, 0) is 0 Å². The van der Waals surface area contributed by atoms with Crippen LogP contribution in [0.25, 0.3) is 0 Å². The molecule has 1 heterocycles. The summed E-state index contributed by atoms with van der Waals surface area (Å²) in [5.41, 5.74) is 0.591. The van der Waals surface area contributed by atoms with Crippen molar-refractivity contribution < 1.29 is 9.18 Å². The van der Waals surface area contributed by atoms with Crippen molar-refractivity contribution in [3.63, 3.8) is 0 Å². The van der Waals surface area contributed by atoms with Gasteiger partial charge in [-0.15, -0.1) is 0 Å². The summed E-state index contributed by atoms with van der Waals surface area (Å²) in [5, 5.41) is 3.33. The van der Waals surface area contributed by atoms with Crippen LogP contribution in [0.3, 0.4) is 0 Å². The number of rotatable bonds is 5. The molecule has 0 aliphatic carbocycles. The first-order chi connectivity index (χ1) is 9.20. The van der Waals surface area contributed by atoms with Crippen LogP contribution in [0.1, 0.15) is 30.1 Å². The molecule has 0 bridgehead atoms. The lowest BCUT2D eigenvalue weighted by Gasteiger charge is -2.33. The zero-order chi connectivity index (χ0) is 13.7. The highest BCUT2D eigenvalue weighted by Gasteiger charge is 2.21. The van der Waals surface area contributed by atoms with Crippen molar-refractivity contribution in [2.45, 2.75) is 25.8 Å². The average molecular weight is 264 g/mol. The van der Waals surface area contributed by atoms with E-state index < -0.39 is 0 Å². The number of hydrogen-bond acceptors (Lipinski definition) is 3. The van der Waals surface area contributed by atoms with Crippen molar-refractivity contribution in [2.24, 2.45) is 0 Å². The van der Waals surface area contributed by atoms with Crippen LogP contribution in [-0.4, -0.2) is 42.9 Å². The Hall–Kier alpha value is -1.26. The van der Waals surface area contributed by atoms with Gasteiger partial charge in [-0.05, 0) is 56.7 Å². The molecule has 1 N–H and O–H groups in total. The van der Waals surface area contributed by atoms with Gasteiger partial charge < -0.3 is 5.32 Å². The molecule has 0 radical (unpaired) electrons. The number of Topliss-reactive ketones (excluding diaryl/α,β-unsaturated/α-hetero) is 1. The first-order valence-corrected chi connectivity index (χ1v) is 6.94. The zero-order valence-electron chi connectivity index (χ0n) is 11.4. The number of likely N-dealkylation sites (N-methyl/N-ethyl adjacent to an activating group) is 1. The summed E-state index contributed by atoms with van der Waals surface area (Å²) >= 11 is 0. The molecule has 0 saturated carbocycles. The number of carbonyl (C=O) groups excluding carboxylic acids is 1. The van der Waals surface area contributed by atoms with E-state index in [1.807, 2.05) is 0 Å². The van der Waals surface area contributed by atoms with Gasteiger partial charge in [-0.25, -0.2) is 4.39 Å². The molecule has 0 unspecified atom stereocenters. The number of carbonyl (C=O) groups is 1. The maximum absolute atomic E-state index is 12.8. The van der Waals surface area contributed by atoms with Gasteiger partial charge in [0.15, 0.2) is 5.78 Å². The minimum Gasteiger partial charge on any atom is -0.317 e. The highest BCUT2D eigenvalue weighted by Crippen LogP contribution is 2.13. The molecular formula is C15H21FN2O. The van der Waals surface area contributed by atoms with Crippen molar-refractivity contribution in [1.29, 1.82) is 0 Å². The molecule has 1 aliphatic rings. The third kappa shape index (κ3) is 3.85. The first-order valence-electron chi connectivity index (χ1n) is 6.94. The smallest absolute Gasteiger partial charge is 0.176 e. The summed E-state index contributed by atoms with van der Waals surface area (Å²) in [6, 6.07) is 6.29. The van der Waals surface area contributed by atoms with Crippen LogP contribution in [0, 0.1) is 5.82 Å². The molecule has 1 aromatic carbocycles. The van der Waals surface area contributed by atoms with Gasteiger partial charge in [0.05, 0.1) is 6.54 Å². The van der Waals surface area contributed by atoms with Gasteiger partial charge in [-0.3, -0.25) is 9.69 Å². The Morgan fingerprint density at radius 3 is 2.53 bits per heavy atom. The molecule has 0 spiro atoms. The first kappa shape index (κ1) is 14.2. The maximum Gasteiger partial charge on any atom is 0.176 e. The van der Waals surface area contributed by atoms with Crippen molar-refractivity contribution in [1.82, 2.24) is 10.2 Å². The SMILES string of the molecule is CCN(CC(=O)c1ccc(F)cc1)C1CCNCC1. The zero-order valence-corrected chi connectivity index (χ0v) is 11.4. The molecule has 1 saturated heterocycles. The largest absolute Gasteiger partial charge is 0.317 e. The van der Waals surface area contributed by atoms with Gasteiger partial charge >= 0.3 is 0 Å². The Morgan fingerprint density at radius 1 is 1.32 bits per heavy atom. The summed E-state index contributed by atoms with van der Waals surface area (Å²) < 4.78 is 12.8. The highest BCUT2D eigenvalue weighted by atomic mass is 19.1. The standard InChI is InChI=1S/C15H21FN2O/c1-2-18(14-7-9-17-10-8-14)11-15(19)12-3-5-13(16)6-4-12/h3-6,14,17H,2,7-11H2,1H3. The average Bonchev–Trinajstić information content (AvgIpc) is 2.46. The summed E-state index contributed by atoms with van der Waals surface area (Å²) in [5.74, 6) is -0.234. The molecule has 104 valence electrons. The maximum atomic E-state index is 12.8. The minimum atomic E-state index is -0.303. The second-order valence-corrected chi connectivity index (χ2v) is 4.97. The van der Waals surface area contributed by atoms with E-state index in [0.29, 0.717) is 18.2 Å². The van der Waals surface area contributed by atoms with Gasteiger partial charge in [0.25, 0.3) is 0 Å². The fourth-order valence-electron chi connectivity index (χ4n) is 2.58. The number of halogens is 1. The molecule has 1 aliphatic heterocycles. The molecule has 0 aromatic heterocycles. The molecule has 2 rings (SSSR count). The monoisotopic (exact) mass is 264 g/mol. The molecule has 1 fully saturated rings. The fourth-order valence-corrected chi connectivity index (χ4v) is 2.58. The molecule has 19 heavy (non-hydrogen) atoms. The predicted octanol–water partition coefficient (Wildman–Crippen LogP) is 2.08. The van der Waals surface area contributed by atoms with E-state index in [0.717, 1.165) is 32.5 Å². The molecule has 4 heteroatoms. The summed E-state index contributed by atoms with van der Waals surface area (Å²) in [4.78, 5) is 14.4. The van der Waals surface area contributed by atoms with Gasteiger partial charge in [-0.2, -0.15) is 0 Å². The summed E-state index contributed by atoms with van der Waals surface area (Å²) in [6.45, 7) is 5.42. The highest BCUT2D eigenvalue weighted by molar-refractivity contribution is 5.97. The Bertz CT molecular complexity index is 413. The lowest BCUT2D eigenvalue weighted by Crippen LogP contribution is -2.45. The van der Waals surface area contributed by atoms with Gasteiger partial charge in [0.1, 0.15) is 5.82 Å². The number of nitrogens with one attached hydrogen (secondary N) is 1. The third-order valence-electron chi connectivity index (χ3n) is 3.74. The van der Waals surface area contributed by atoms with Crippen LogP contribution in [0.2, 0.25) is 0 Å². The molecule has 3 nitrogen and oxygen atoms in total. The number of piperidine rings is 1. The van der Waals surface area contributed by atoms with E-state index >= 15 is 0 Å². The summed E-state index contributed by atoms with van der Waals surface area (Å²) in [6.07, 6.45) is 2.18. The predicted molar refractivity (Wildman–Crippen MR) is 73.9 cm³/mol. The fraction of sp³-hybridized carbons (Fsp3) is 0.533. The number of benzene rings is 1. The lowest BCUT2D eigenvalue weighted by atomic mass is 10.0. The molecule has 0 atom stereocenters. The summed E-state index contributed by atoms with van der Waals surface area (Å²) in [7, 11) is 0. The third-order valence-corrected chi connectivity index (χ3v) is 3.74. The van der Waals surface area contributed by atoms with Crippen LogP contribution in [0.15, 0.2) is 24.3 Å². The number of ketones is 1. The van der Waals surface area contributed by atoms with Crippen LogP contribution < -0.4 is 5.32 Å². The van der Waals surface area contributed by atoms with E-state index in [9.17, 15) is 9.18 Å². The molecule has 1 aromatic rings. The van der Waals surface area contributed by atoms with E-state index in [1.54, 1.807) is 12.1 Å². The topological polar surface area (TPSA) is 32.3 Å². The Labute approximate surface area is 113 Å². The Balaban J connectivity index is 1.97. The number of nitrogens with zero attached hydrogens (tertiary/aromatic N) is 1. The quantitative estimate of drug-likeness (QED) is 0.826. The van der Waals surface area contributed by atoms with Gasteiger partial charge in [0.2, 0.25) is 0 Å². The number of hydrogen-bond donors (Lipinski definition) is 1. The molecular weight excluding hydrogens is 243 g/mol. The van der Waals surface area contributed by atoms with Crippen LogP contribution in [0.5, 0.6) is 0 Å². The second kappa shape index (κ2) is 6.78. The van der Waals surface area contributed by atoms with E-state index in [-0.39, 0.29) is 11.6 Å². The van der Waals surface area contributed by atoms with Crippen molar-refractivity contribution in [3.8, 4) is 0 Å². The van der Waals surface area contributed by atoms with Gasteiger partial charge in [-0.1, -0.05) is 6.92 Å². The van der Waals surface area contributed by atoms with Crippen LogP contribution >= 0.6 is 0 Å². The van der Waals surface area contributed by atoms with E-state index in [4.69, 9.17) is 0 Å². The lowest BCUT2D eigenvalue weighted by molar-refractivity contribution is 0.0874. The van der Waals surface area contributed by atoms with Crippen molar-refractivity contribution >= 4 is 5.78 Å². The van der Waals surface area contributed by atoms with Crippen molar-refractivity contribution in [2.75, 3.05) is 26.2 Å². The Kier molecular flexibility index (Phi) is 5.05. The van der Waals surface area contributed by atoms with Crippen molar-refractivity contribution in [3.05, 3.63) is 35.6 Å². The van der Waals surface area contributed by atoms with E-state index in [2.05, 4.69) is 17.1 Å². The van der Waals surface area contributed by atoms with E-state index in [1.165, 1.54) is 12.1 Å². The van der Waals surface area contributed by atoms with Gasteiger partial charge in [0, 0.05) is 11.6 Å². The Morgan fingerprint density at radius 2 is 1.95 bits per heavy atom. The normalized spacial score (nSPS) is 16.8. The molecule has 0 amide bonds. The van der Waals surface area contributed by atoms with Crippen LogP contribution in [0.4, 0.5) is 4.39 Å².